The lowest BCUT2D eigenvalue weighted by Gasteiger charge is -2.05. The van der Waals surface area contributed by atoms with Gasteiger partial charge in [-0.1, -0.05) is 12.1 Å². The average Bonchev–Trinajstić information content (AvgIpc) is 2.29. The van der Waals surface area contributed by atoms with Gasteiger partial charge in [0.15, 0.2) is 6.19 Å². The van der Waals surface area contributed by atoms with Crippen LogP contribution in [0.4, 0.5) is 0 Å². The molecule has 0 unspecified atom stereocenters. The first kappa shape index (κ1) is 11.2. The summed E-state index contributed by atoms with van der Waals surface area (Å²) in [4.78, 5) is 11.6. The highest BCUT2D eigenvalue weighted by Crippen LogP contribution is 2.06. The predicted molar refractivity (Wildman–Crippen MR) is 55.1 cm³/mol. The van der Waals surface area contributed by atoms with Gasteiger partial charge in [0.05, 0.1) is 17.2 Å². The zero-order valence-corrected chi connectivity index (χ0v) is 8.11. The number of carbonyl (C=O) groups excluding carboxylic acids is 1. The Morgan fingerprint density at radius 1 is 1.31 bits per heavy atom. The molecule has 0 aliphatic heterocycles. The van der Waals surface area contributed by atoms with Crippen molar-refractivity contribution in [1.29, 1.82) is 15.9 Å². The van der Waals surface area contributed by atoms with Crippen molar-refractivity contribution in [3.05, 3.63) is 35.4 Å². The highest BCUT2D eigenvalue weighted by molar-refractivity contribution is 6.06. The second-order valence-corrected chi connectivity index (χ2v) is 2.72. The van der Waals surface area contributed by atoms with E-state index in [0.717, 1.165) is 0 Å². The number of hydrogen-bond acceptors (Lipinski definition) is 4. The van der Waals surface area contributed by atoms with Crippen LogP contribution in [0.15, 0.2) is 24.3 Å². The summed E-state index contributed by atoms with van der Waals surface area (Å²) in [5.74, 6) is -1.04. The minimum Gasteiger partial charge on any atom is -0.292 e. The fraction of sp³-hybridized carbons (Fsp3) is 0. The Bertz CT molecular complexity index is 509. The van der Waals surface area contributed by atoms with Gasteiger partial charge in [-0.2, -0.15) is 10.5 Å². The largest absolute Gasteiger partial charge is 0.292 e. The molecular weight excluding hydrogens is 206 g/mol. The molecule has 0 atom stereocenters. The number of benzene rings is 1. The molecule has 0 aromatic heterocycles. The molecule has 0 aliphatic carbocycles. The molecule has 78 valence electrons. The van der Waals surface area contributed by atoms with Crippen molar-refractivity contribution in [2.24, 2.45) is 0 Å². The average molecular weight is 213 g/mol. The summed E-state index contributed by atoms with van der Waals surface area (Å²) in [6.07, 6.45) is 1.50. The van der Waals surface area contributed by atoms with Crippen molar-refractivity contribution in [3.8, 4) is 12.3 Å². The van der Waals surface area contributed by atoms with Gasteiger partial charge < -0.3 is 0 Å². The van der Waals surface area contributed by atoms with Gasteiger partial charge in [0.25, 0.3) is 5.91 Å². The van der Waals surface area contributed by atoms with Gasteiger partial charge in [-0.25, -0.2) is 0 Å². The van der Waals surface area contributed by atoms with Crippen LogP contribution in [-0.4, -0.2) is 11.9 Å². The number of carbonyl (C=O) groups is 1. The normalized spacial score (nSPS) is 8.38. The summed E-state index contributed by atoms with van der Waals surface area (Å²) >= 11 is 0. The predicted octanol–water partition coefficient (Wildman–Crippen LogP) is 0.294. The van der Waals surface area contributed by atoms with Gasteiger partial charge in [-0.05, 0) is 12.1 Å². The van der Waals surface area contributed by atoms with Gasteiger partial charge in [0.1, 0.15) is 0 Å². The Balaban J connectivity index is 2.86. The van der Waals surface area contributed by atoms with E-state index >= 15 is 0 Å². The Morgan fingerprint density at radius 3 is 2.62 bits per heavy atom. The van der Waals surface area contributed by atoms with E-state index in [4.69, 9.17) is 15.9 Å². The number of guanidine groups is 1. The van der Waals surface area contributed by atoms with E-state index in [9.17, 15) is 4.79 Å². The third-order valence-corrected chi connectivity index (χ3v) is 1.71. The molecule has 1 aromatic rings. The zero-order valence-electron chi connectivity index (χ0n) is 8.11. The summed E-state index contributed by atoms with van der Waals surface area (Å²) in [5.41, 5.74) is 0.374. The molecular formula is C10H7N5O. The van der Waals surface area contributed by atoms with Crippen molar-refractivity contribution < 1.29 is 4.79 Å². The van der Waals surface area contributed by atoms with Gasteiger partial charge in [0, 0.05) is 0 Å². The fourth-order valence-corrected chi connectivity index (χ4v) is 1.05. The topological polar surface area (TPSA) is 113 Å². The molecule has 0 spiro atoms. The molecule has 0 fully saturated rings. The molecule has 0 bridgehead atoms. The van der Waals surface area contributed by atoms with E-state index in [1.807, 2.05) is 11.4 Å². The highest BCUT2D eigenvalue weighted by Gasteiger charge is 2.11. The SMILES string of the molecule is N#CNC(=N)NC(=O)c1ccccc1C#N. The molecule has 0 heterocycles. The van der Waals surface area contributed by atoms with Gasteiger partial charge in [0.2, 0.25) is 5.96 Å². The van der Waals surface area contributed by atoms with Crippen LogP contribution in [0.3, 0.4) is 0 Å². The summed E-state index contributed by atoms with van der Waals surface area (Å²) < 4.78 is 0. The van der Waals surface area contributed by atoms with E-state index in [0.29, 0.717) is 0 Å². The molecule has 1 rings (SSSR count). The van der Waals surface area contributed by atoms with Crippen LogP contribution in [0.5, 0.6) is 0 Å². The van der Waals surface area contributed by atoms with E-state index in [-0.39, 0.29) is 11.1 Å². The van der Waals surface area contributed by atoms with Crippen LogP contribution in [0.2, 0.25) is 0 Å². The molecule has 16 heavy (non-hydrogen) atoms. The molecule has 0 saturated heterocycles. The van der Waals surface area contributed by atoms with Crippen LogP contribution < -0.4 is 10.6 Å². The van der Waals surface area contributed by atoms with E-state index in [1.165, 1.54) is 18.3 Å². The smallest absolute Gasteiger partial charge is 0.259 e. The van der Waals surface area contributed by atoms with Crippen LogP contribution in [0.25, 0.3) is 0 Å². The lowest BCUT2D eigenvalue weighted by molar-refractivity contribution is 0.0975. The van der Waals surface area contributed by atoms with E-state index < -0.39 is 11.9 Å². The third-order valence-electron chi connectivity index (χ3n) is 1.71. The number of nitriles is 2. The summed E-state index contributed by atoms with van der Waals surface area (Å²) in [6.45, 7) is 0. The number of amides is 1. The van der Waals surface area contributed by atoms with Crippen molar-refractivity contribution >= 4 is 11.9 Å². The maximum atomic E-state index is 11.6. The van der Waals surface area contributed by atoms with Gasteiger partial charge >= 0.3 is 0 Å². The Hall–Kier alpha value is -2.86. The first-order chi connectivity index (χ1) is 7.69. The van der Waals surface area contributed by atoms with Crippen molar-refractivity contribution in [2.75, 3.05) is 0 Å². The molecule has 6 heteroatoms. The minimum atomic E-state index is -0.607. The maximum Gasteiger partial charge on any atom is 0.259 e. The maximum absolute atomic E-state index is 11.6. The lowest BCUT2D eigenvalue weighted by atomic mass is 10.1. The lowest BCUT2D eigenvalue weighted by Crippen LogP contribution is -2.38. The zero-order chi connectivity index (χ0) is 12.0. The molecule has 0 radical (unpaired) electrons. The van der Waals surface area contributed by atoms with Crippen LogP contribution in [0, 0.1) is 28.2 Å². The summed E-state index contributed by atoms with van der Waals surface area (Å²) in [5, 5.41) is 28.2. The van der Waals surface area contributed by atoms with Gasteiger partial charge in [-0.15, -0.1) is 0 Å². The van der Waals surface area contributed by atoms with Crippen molar-refractivity contribution in [2.45, 2.75) is 0 Å². The van der Waals surface area contributed by atoms with Crippen molar-refractivity contribution in [3.63, 3.8) is 0 Å². The Kier molecular flexibility index (Phi) is 3.59. The number of nitrogens with zero attached hydrogens (tertiary/aromatic N) is 2. The molecule has 3 N–H and O–H groups in total. The third kappa shape index (κ3) is 2.56. The second kappa shape index (κ2) is 5.13. The second-order valence-electron chi connectivity index (χ2n) is 2.72. The molecule has 1 aromatic carbocycles. The first-order valence-electron chi connectivity index (χ1n) is 4.23. The van der Waals surface area contributed by atoms with E-state index in [2.05, 4.69) is 5.32 Å². The summed E-state index contributed by atoms with van der Waals surface area (Å²) in [6, 6.07) is 8.07. The molecule has 6 nitrogen and oxygen atoms in total. The highest BCUT2D eigenvalue weighted by atomic mass is 16.1. The standard InChI is InChI=1S/C10H7N5O/c11-5-7-3-1-2-4-8(7)9(16)15-10(13)14-6-12/h1-4H,(H3,13,14,15,16). The Labute approximate surface area is 91.6 Å². The molecule has 0 saturated carbocycles. The van der Waals surface area contributed by atoms with Crippen molar-refractivity contribution in [1.82, 2.24) is 10.6 Å². The Morgan fingerprint density at radius 2 is 2.00 bits per heavy atom. The number of rotatable bonds is 1. The minimum absolute atomic E-state index is 0.162. The fourth-order valence-electron chi connectivity index (χ4n) is 1.05. The van der Waals surface area contributed by atoms with Crippen LogP contribution in [-0.2, 0) is 0 Å². The number of hydrogen-bond donors (Lipinski definition) is 3. The molecule has 0 aliphatic rings. The van der Waals surface area contributed by atoms with Gasteiger partial charge in [-0.3, -0.25) is 20.8 Å². The van der Waals surface area contributed by atoms with Crippen LogP contribution >= 0.6 is 0 Å². The first-order valence-corrected chi connectivity index (χ1v) is 4.23. The van der Waals surface area contributed by atoms with Crippen LogP contribution in [0.1, 0.15) is 15.9 Å². The monoisotopic (exact) mass is 213 g/mol. The number of nitrogens with one attached hydrogen (secondary N) is 3. The molecule has 1 amide bonds. The quantitative estimate of drug-likeness (QED) is 0.269. The van der Waals surface area contributed by atoms with E-state index in [1.54, 1.807) is 12.1 Å². The summed E-state index contributed by atoms with van der Waals surface area (Å²) in [7, 11) is 0.